The number of phenols is 2. The second-order valence-electron chi connectivity index (χ2n) is 3.70. The smallest absolute Gasteiger partial charge is 0.119 e. The largest absolute Gasteiger partial charge is 0.508 e. The number of aliphatic imine (C=N–C) groups is 1. The summed E-state index contributed by atoms with van der Waals surface area (Å²) in [5.74, 6) is -0.0514. The molecule has 0 amide bonds. The molecule has 0 saturated heterocycles. The molecule has 0 aromatic heterocycles. The fourth-order valence-corrected chi connectivity index (χ4v) is 1.50. The lowest BCUT2D eigenvalue weighted by molar-refractivity contribution is 0.450. The highest BCUT2D eigenvalue weighted by molar-refractivity contribution is 5.83. The Hall–Kier alpha value is -2.80. The van der Waals surface area contributed by atoms with E-state index in [0.717, 1.165) is 0 Å². The van der Waals surface area contributed by atoms with Gasteiger partial charge in [0.15, 0.2) is 0 Å². The van der Waals surface area contributed by atoms with Crippen molar-refractivity contribution in [2.45, 2.75) is 0 Å². The van der Waals surface area contributed by atoms with Crippen molar-refractivity contribution in [3.63, 3.8) is 0 Å². The summed E-state index contributed by atoms with van der Waals surface area (Å²) in [6, 6.07) is 13.1. The van der Waals surface area contributed by atoms with Crippen molar-refractivity contribution in [2.75, 3.05) is 0 Å². The highest BCUT2D eigenvalue weighted by atomic mass is 16.3. The number of nitriles is 1. The van der Waals surface area contributed by atoms with Crippen molar-refractivity contribution in [1.82, 2.24) is 0 Å². The van der Waals surface area contributed by atoms with Crippen LogP contribution in [-0.4, -0.2) is 16.4 Å². The maximum absolute atomic E-state index is 9.31. The summed E-state index contributed by atoms with van der Waals surface area (Å²) in [5, 5.41) is 27.4. The molecule has 2 N–H and O–H groups in total. The standard InChI is InChI=1S/C14H10N2O2/c15-8-10-2-1-3-12(4-10)16-9-11-5-13(17)7-14(18)6-11/h1-7,9,17-18H. The van der Waals surface area contributed by atoms with Crippen LogP contribution in [-0.2, 0) is 0 Å². The molecule has 2 aromatic rings. The Bertz CT molecular complexity index is 622. The predicted molar refractivity (Wildman–Crippen MR) is 68.2 cm³/mol. The second kappa shape index (κ2) is 5.02. The number of aromatic hydroxyl groups is 2. The number of phenolic OH excluding ortho intramolecular Hbond substituents is 2. The quantitative estimate of drug-likeness (QED) is 0.790. The summed E-state index contributed by atoms with van der Waals surface area (Å²) in [6.07, 6.45) is 1.51. The predicted octanol–water partition coefficient (Wildman–Crippen LogP) is 2.72. The molecule has 2 aromatic carbocycles. The molecule has 0 aliphatic carbocycles. The van der Waals surface area contributed by atoms with Crippen LogP contribution in [0.4, 0.5) is 5.69 Å². The van der Waals surface area contributed by atoms with E-state index in [0.29, 0.717) is 16.8 Å². The number of nitrogens with zero attached hydrogens (tertiary/aromatic N) is 2. The van der Waals surface area contributed by atoms with E-state index in [9.17, 15) is 10.2 Å². The number of hydrogen-bond acceptors (Lipinski definition) is 4. The van der Waals surface area contributed by atoms with Gasteiger partial charge in [0.25, 0.3) is 0 Å². The molecule has 4 heteroatoms. The van der Waals surface area contributed by atoms with Crippen molar-refractivity contribution in [3.8, 4) is 17.6 Å². The van der Waals surface area contributed by atoms with Gasteiger partial charge in [-0.1, -0.05) is 6.07 Å². The van der Waals surface area contributed by atoms with Crippen LogP contribution in [0.3, 0.4) is 0 Å². The van der Waals surface area contributed by atoms with Crippen LogP contribution in [0.1, 0.15) is 11.1 Å². The van der Waals surface area contributed by atoms with Gasteiger partial charge in [-0.15, -0.1) is 0 Å². The average Bonchev–Trinajstić information content (AvgIpc) is 2.35. The van der Waals surface area contributed by atoms with E-state index >= 15 is 0 Å². The molecular weight excluding hydrogens is 228 g/mol. The monoisotopic (exact) mass is 238 g/mol. The molecule has 0 saturated carbocycles. The number of benzene rings is 2. The third-order valence-corrected chi connectivity index (χ3v) is 2.26. The normalized spacial score (nSPS) is 10.4. The molecule has 4 nitrogen and oxygen atoms in total. The summed E-state index contributed by atoms with van der Waals surface area (Å²) >= 11 is 0. The van der Waals surface area contributed by atoms with Gasteiger partial charge in [-0.25, -0.2) is 0 Å². The fourth-order valence-electron chi connectivity index (χ4n) is 1.50. The zero-order valence-corrected chi connectivity index (χ0v) is 9.41. The first-order valence-corrected chi connectivity index (χ1v) is 5.24. The Morgan fingerprint density at radius 2 is 1.78 bits per heavy atom. The lowest BCUT2D eigenvalue weighted by atomic mass is 10.2. The Balaban J connectivity index is 2.27. The Morgan fingerprint density at radius 1 is 1.06 bits per heavy atom. The summed E-state index contributed by atoms with van der Waals surface area (Å²) in [6.45, 7) is 0. The van der Waals surface area contributed by atoms with E-state index in [1.807, 2.05) is 6.07 Å². The molecule has 18 heavy (non-hydrogen) atoms. The lowest BCUT2D eigenvalue weighted by Gasteiger charge is -1.98. The van der Waals surface area contributed by atoms with Gasteiger partial charge < -0.3 is 10.2 Å². The zero-order valence-electron chi connectivity index (χ0n) is 9.41. The van der Waals surface area contributed by atoms with Gasteiger partial charge in [-0.3, -0.25) is 4.99 Å². The maximum atomic E-state index is 9.31. The van der Waals surface area contributed by atoms with Gasteiger partial charge in [-0.2, -0.15) is 5.26 Å². The van der Waals surface area contributed by atoms with Crippen molar-refractivity contribution in [2.24, 2.45) is 4.99 Å². The van der Waals surface area contributed by atoms with E-state index in [1.54, 1.807) is 24.3 Å². The molecule has 0 heterocycles. The fraction of sp³-hybridized carbons (Fsp3) is 0. The number of rotatable bonds is 2. The van der Waals surface area contributed by atoms with Crippen molar-refractivity contribution >= 4 is 11.9 Å². The second-order valence-corrected chi connectivity index (χ2v) is 3.70. The lowest BCUT2D eigenvalue weighted by Crippen LogP contribution is -1.80. The minimum Gasteiger partial charge on any atom is -0.508 e. The first-order chi connectivity index (χ1) is 8.67. The van der Waals surface area contributed by atoms with Crippen LogP contribution in [0.25, 0.3) is 0 Å². The molecular formula is C14H10N2O2. The van der Waals surface area contributed by atoms with Gasteiger partial charge in [0, 0.05) is 17.8 Å². The van der Waals surface area contributed by atoms with Crippen LogP contribution >= 0.6 is 0 Å². The Labute approximate surface area is 104 Å². The van der Waals surface area contributed by atoms with Crippen molar-refractivity contribution in [3.05, 3.63) is 53.6 Å². The molecule has 0 atom stereocenters. The molecule has 0 bridgehead atoms. The topological polar surface area (TPSA) is 76.6 Å². The van der Waals surface area contributed by atoms with E-state index in [2.05, 4.69) is 4.99 Å². The van der Waals surface area contributed by atoms with Crippen molar-refractivity contribution < 1.29 is 10.2 Å². The number of hydrogen-bond donors (Lipinski definition) is 2. The van der Waals surface area contributed by atoms with Gasteiger partial charge in [0.05, 0.1) is 17.3 Å². The summed E-state index contributed by atoms with van der Waals surface area (Å²) in [4.78, 5) is 4.17. The van der Waals surface area contributed by atoms with E-state index < -0.39 is 0 Å². The van der Waals surface area contributed by atoms with Crippen molar-refractivity contribution in [1.29, 1.82) is 5.26 Å². The van der Waals surface area contributed by atoms with Crippen LogP contribution in [0.15, 0.2) is 47.5 Å². The minimum absolute atomic E-state index is 0.0257. The van der Waals surface area contributed by atoms with Gasteiger partial charge in [0.1, 0.15) is 11.5 Å². The van der Waals surface area contributed by atoms with E-state index in [-0.39, 0.29) is 11.5 Å². The average molecular weight is 238 g/mol. The minimum atomic E-state index is -0.0257. The summed E-state index contributed by atoms with van der Waals surface area (Å²) in [7, 11) is 0. The van der Waals surface area contributed by atoms with E-state index in [4.69, 9.17) is 5.26 Å². The van der Waals surface area contributed by atoms with E-state index in [1.165, 1.54) is 24.4 Å². The molecule has 0 aliphatic heterocycles. The zero-order chi connectivity index (χ0) is 13.0. The highest BCUT2D eigenvalue weighted by Gasteiger charge is 1.97. The third-order valence-electron chi connectivity index (χ3n) is 2.26. The molecule has 0 spiro atoms. The van der Waals surface area contributed by atoms with Crippen LogP contribution in [0, 0.1) is 11.3 Å². The maximum Gasteiger partial charge on any atom is 0.119 e. The molecule has 2 rings (SSSR count). The first kappa shape index (κ1) is 11.7. The third kappa shape index (κ3) is 2.86. The first-order valence-electron chi connectivity index (χ1n) is 5.24. The molecule has 0 fully saturated rings. The molecule has 0 aliphatic rings. The molecule has 0 unspecified atom stereocenters. The summed E-state index contributed by atoms with van der Waals surface area (Å²) in [5.41, 5.74) is 1.75. The van der Waals surface area contributed by atoms with Gasteiger partial charge in [0.2, 0.25) is 0 Å². The molecule has 88 valence electrons. The van der Waals surface area contributed by atoms with Gasteiger partial charge >= 0.3 is 0 Å². The van der Waals surface area contributed by atoms with Crippen LogP contribution in [0.2, 0.25) is 0 Å². The van der Waals surface area contributed by atoms with Crippen LogP contribution in [0.5, 0.6) is 11.5 Å². The Kier molecular flexibility index (Phi) is 3.26. The molecule has 0 radical (unpaired) electrons. The SMILES string of the molecule is N#Cc1cccc(N=Cc2cc(O)cc(O)c2)c1. The Morgan fingerprint density at radius 3 is 2.44 bits per heavy atom. The van der Waals surface area contributed by atoms with Crippen LogP contribution < -0.4 is 0 Å². The highest BCUT2D eigenvalue weighted by Crippen LogP contribution is 2.20. The summed E-state index contributed by atoms with van der Waals surface area (Å²) < 4.78 is 0. The van der Waals surface area contributed by atoms with Gasteiger partial charge in [-0.05, 0) is 30.3 Å².